The molecular weight excluding hydrogens is 743 g/mol. The lowest BCUT2D eigenvalue weighted by molar-refractivity contribution is -0.136. The van der Waals surface area contributed by atoms with E-state index in [1.807, 2.05) is 30.9 Å². The molecule has 2 aromatic carbocycles. The molecule has 5 aliphatic rings. The molecule has 7 heterocycles. The van der Waals surface area contributed by atoms with E-state index >= 15 is 0 Å². The molecule has 9 rings (SSSR count). The fourth-order valence-corrected chi connectivity index (χ4v) is 9.17. The normalized spacial score (nSPS) is 21.6. The van der Waals surface area contributed by atoms with E-state index < -0.39 is 29.7 Å². The van der Waals surface area contributed by atoms with Crippen molar-refractivity contribution in [3.63, 3.8) is 0 Å². The molecule has 2 atom stereocenters. The second-order valence-corrected chi connectivity index (χ2v) is 16.2. The maximum absolute atomic E-state index is 13.9. The van der Waals surface area contributed by atoms with Gasteiger partial charge in [0.2, 0.25) is 11.8 Å². The first kappa shape index (κ1) is 37.4. The van der Waals surface area contributed by atoms with Gasteiger partial charge in [0.05, 0.1) is 29.1 Å². The molecule has 3 fully saturated rings. The Morgan fingerprint density at radius 1 is 0.948 bits per heavy atom. The predicted molar refractivity (Wildman–Crippen MR) is 211 cm³/mol. The lowest BCUT2D eigenvalue weighted by atomic mass is 9.94. The van der Waals surface area contributed by atoms with Crippen molar-refractivity contribution in [3.05, 3.63) is 82.8 Å². The summed E-state index contributed by atoms with van der Waals surface area (Å²) in [5, 5.41) is 9.47. The van der Waals surface area contributed by atoms with Crippen LogP contribution in [0.25, 0.3) is 5.65 Å². The highest BCUT2D eigenvalue weighted by atomic mass is 16.5. The zero-order valence-corrected chi connectivity index (χ0v) is 32.5. The van der Waals surface area contributed by atoms with E-state index in [9.17, 15) is 28.8 Å². The Balaban J connectivity index is 0.817. The van der Waals surface area contributed by atoms with Gasteiger partial charge in [0.1, 0.15) is 17.4 Å². The summed E-state index contributed by atoms with van der Waals surface area (Å²) in [6.07, 6.45) is 8.62. The summed E-state index contributed by atoms with van der Waals surface area (Å²) >= 11 is 0. The largest absolute Gasteiger partial charge is 0.489 e. The molecule has 2 N–H and O–H groups in total. The number of fused-ring (bicyclic) bond motifs is 3. The zero-order valence-electron chi connectivity index (χ0n) is 32.5. The number of hydrogen-bond acceptors (Lipinski definition) is 11. The number of likely N-dealkylation sites (tertiary alicyclic amines) is 1. The first-order chi connectivity index (χ1) is 28.0. The van der Waals surface area contributed by atoms with E-state index in [0.717, 1.165) is 74.6 Å². The monoisotopic (exact) mass is 787 g/mol. The minimum atomic E-state index is -0.992. The van der Waals surface area contributed by atoms with Crippen molar-refractivity contribution in [2.45, 2.75) is 77.1 Å². The molecule has 0 radical (unpaired) electrons. The lowest BCUT2D eigenvalue weighted by Gasteiger charge is -2.40. The molecule has 1 unspecified atom stereocenters. The number of benzene rings is 2. The van der Waals surface area contributed by atoms with Crippen LogP contribution < -0.4 is 20.3 Å². The van der Waals surface area contributed by atoms with Crippen molar-refractivity contribution >= 4 is 52.5 Å². The number of imide groups is 2. The van der Waals surface area contributed by atoms with Crippen molar-refractivity contribution in [3.8, 4) is 5.75 Å². The van der Waals surface area contributed by atoms with E-state index in [1.165, 1.54) is 6.20 Å². The number of rotatable bonds is 9. The first-order valence-electron chi connectivity index (χ1n) is 20.1. The van der Waals surface area contributed by atoms with E-state index in [-0.39, 0.29) is 42.4 Å². The number of anilines is 2. The number of carbonyl (C=O) groups excluding carboxylic acids is 6. The summed E-state index contributed by atoms with van der Waals surface area (Å²) < 4.78 is 7.65. The molecule has 0 spiro atoms. The molecule has 2 aromatic heterocycles. The number of nitrogens with zero attached hydrogens (tertiary/aromatic N) is 7. The van der Waals surface area contributed by atoms with Gasteiger partial charge in [-0.1, -0.05) is 0 Å². The Morgan fingerprint density at radius 2 is 1.76 bits per heavy atom. The maximum atomic E-state index is 13.9. The number of aromatic nitrogens is 3. The Bertz CT molecular complexity index is 2370. The van der Waals surface area contributed by atoms with Crippen LogP contribution >= 0.6 is 0 Å². The van der Waals surface area contributed by atoms with Gasteiger partial charge in [0, 0.05) is 75.4 Å². The molecule has 0 aliphatic carbocycles. The van der Waals surface area contributed by atoms with Crippen molar-refractivity contribution in [1.29, 1.82) is 0 Å². The van der Waals surface area contributed by atoms with Crippen LogP contribution in [0.4, 0.5) is 11.4 Å². The van der Waals surface area contributed by atoms with Crippen molar-refractivity contribution in [1.82, 2.24) is 34.6 Å². The molecule has 16 heteroatoms. The van der Waals surface area contributed by atoms with Crippen molar-refractivity contribution < 1.29 is 33.5 Å². The van der Waals surface area contributed by atoms with Crippen LogP contribution in [0.1, 0.15) is 99.4 Å². The maximum Gasteiger partial charge on any atom is 0.262 e. The molecule has 4 aromatic rings. The average Bonchev–Trinajstić information content (AvgIpc) is 3.86. The Labute approximate surface area is 334 Å². The molecule has 3 saturated heterocycles. The molecule has 5 aliphatic heterocycles. The second kappa shape index (κ2) is 15.0. The molecular formula is C42H45N9O7. The fraction of sp³-hybridized carbons (Fsp3) is 0.429. The van der Waals surface area contributed by atoms with Crippen LogP contribution in [-0.2, 0) is 16.1 Å². The SMILES string of the molecule is CC(C)Oc1cc2c(cc1NC(=O)c1cnn3cccnc13)CN(C1CCN(C[C@@H]3CCCN(c4ccc5c(c4)C(=O)N(C4CCC(=O)NC4=O)C5=O)C3)CC1)C2=O. The third-order valence-electron chi connectivity index (χ3n) is 12.0. The minimum absolute atomic E-state index is 0.0237. The van der Waals surface area contributed by atoms with Gasteiger partial charge in [0.15, 0.2) is 5.65 Å². The highest BCUT2D eigenvalue weighted by Crippen LogP contribution is 2.37. The third-order valence-corrected chi connectivity index (χ3v) is 12.0. The van der Waals surface area contributed by atoms with Crippen LogP contribution in [0.3, 0.4) is 0 Å². The Kier molecular flexibility index (Phi) is 9.66. The van der Waals surface area contributed by atoms with Gasteiger partial charge < -0.3 is 24.8 Å². The second-order valence-electron chi connectivity index (χ2n) is 16.2. The van der Waals surface area contributed by atoms with Crippen LogP contribution in [0.5, 0.6) is 5.75 Å². The number of carbonyl (C=O) groups is 6. The molecule has 58 heavy (non-hydrogen) atoms. The first-order valence-corrected chi connectivity index (χ1v) is 20.1. The van der Waals surface area contributed by atoms with Crippen LogP contribution in [0, 0.1) is 5.92 Å². The smallest absolute Gasteiger partial charge is 0.262 e. The lowest BCUT2D eigenvalue weighted by Crippen LogP contribution is -2.54. The van der Waals surface area contributed by atoms with Gasteiger partial charge in [-0.3, -0.25) is 39.0 Å². The topological polar surface area (TPSA) is 179 Å². The van der Waals surface area contributed by atoms with E-state index in [1.54, 1.807) is 41.2 Å². The minimum Gasteiger partial charge on any atom is -0.489 e. The fourth-order valence-electron chi connectivity index (χ4n) is 9.17. The van der Waals surface area contributed by atoms with Gasteiger partial charge in [-0.15, -0.1) is 0 Å². The summed E-state index contributed by atoms with van der Waals surface area (Å²) in [6.45, 7) is 8.56. The quantitative estimate of drug-likeness (QED) is 0.237. The van der Waals surface area contributed by atoms with Crippen molar-refractivity contribution in [2.75, 3.05) is 42.9 Å². The molecule has 16 nitrogen and oxygen atoms in total. The summed E-state index contributed by atoms with van der Waals surface area (Å²) in [7, 11) is 0. The van der Waals surface area contributed by atoms with Gasteiger partial charge in [-0.2, -0.15) is 5.10 Å². The third kappa shape index (κ3) is 6.84. The highest BCUT2D eigenvalue weighted by Gasteiger charge is 2.45. The van der Waals surface area contributed by atoms with Crippen LogP contribution in [-0.4, -0.2) is 116 Å². The standard InChI is InChI=1S/C42H45N9O7/c1-24(2)58-35-19-30-26(17-33(35)45-38(53)32-20-44-50-14-4-12-43-37(32)50)23-49(40(30)55)27-10-15-47(16-11-27)21-25-5-3-13-48(22-25)28-6-7-29-31(18-28)42(57)51(41(29)56)34-8-9-36(52)46-39(34)54/h4,6-7,12,14,17-20,24-25,27,34H,3,5,8-11,13,15-16,21-23H2,1-2H3,(H,45,53)(H,46,52,54)/t25-,34?/m0/s1. The van der Waals surface area contributed by atoms with E-state index in [0.29, 0.717) is 46.2 Å². The number of ether oxygens (including phenoxy) is 1. The predicted octanol–water partition coefficient (Wildman–Crippen LogP) is 3.51. The summed E-state index contributed by atoms with van der Waals surface area (Å²) in [5.41, 5.74) is 4.16. The van der Waals surface area contributed by atoms with Crippen molar-refractivity contribution in [2.24, 2.45) is 5.92 Å². The molecule has 0 bridgehead atoms. The van der Waals surface area contributed by atoms with Gasteiger partial charge >= 0.3 is 0 Å². The van der Waals surface area contributed by atoms with E-state index in [4.69, 9.17) is 4.74 Å². The summed E-state index contributed by atoms with van der Waals surface area (Å²) in [6, 6.07) is 9.78. The zero-order chi connectivity index (χ0) is 40.2. The van der Waals surface area contributed by atoms with Gasteiger partial charge in [-0.05, 0) is 93.8 Å². The summed E-state index contributed by atoms with van der Waals surface area (Å²) in [5.74, 6) is -1.57. The number of piperidine rings is 3. The Morgan fingerprint density at radius 3 is 2.55 bits per heavy atom. The molecule has 300 valence electrons. The van der Waals surface area contributed by atoms with Gasteiger partial charge in [0.25, 0.3) is 23.6 Å². The number of nitrogens with one attached hydrogen (secondary N) is 2. The highest BCUT2D eigenvalue weighted by molar-refractivity contribution is 6.23. The van der Waals surface area contributed by atoms with Gasteiger partial charge in [-0.25, -0.2) is 9.50 Å². The number of amides is 6. The average molecular weight is 788 g/mol. The summed E-state index contributed by atoms with van der Waals surface area (Å²) in [4.78, 5) is 90.2. The Hall–Kier alpha value is -6.16. The molecule has 6 amide bonds. The number of hydrogen-bond donors (Lipinski definition) is 2. The van der Waals surface area contributed by atoms with E-state index in [2.05, 4.69) is 30.5 Å². The molecule has 0 saturated carbocycles. The van der Waals surface area contributed by atoms with Crippen LogP contribution in [0.2, 0.25) is 0 Å². The van der Waals surface area contributed by atoms with Crippen LogP contribution in [0.15, 0.2) is 55.0 Å².